The fraction of sp³-hybridized carbons (Fsp3) is 0.571. The van der Waals surface area contributed by atoms with E-state index in [1.54, 1.807) is 12.1 Å². The number of nitrogens with one attached hydrogen (secondary N) is 1. The molecule has 0 unspecified atom stereocenters. The summed E-state index contributed by atoms with van der Waals surface area (Å²) in [7, 11) is 0. The highest BCUT2D eigenvalue weighted by Crippen LogP contribution is 2.29. The molecule has 5 nitrogen and oxygen atoms in total. The summed E-state index contributed by atoms with van der Waals surface area (Å²) in [4.78, 5) is 12.0. The summed E-state index contributed by atoms with van der Waals surface area (Å²) in [6.45, 7) is 4.65. The van der Waals surface area contributed by atoms with Crippen LogP contribution in [-0.2, 0) is 0 Å². The van der Waals surface area contributed by atoms with Gasteiger partial charge in [0.2, 0.25) is 0 Å². The molecular weight excluding hydrogens is 244 g/mol. The van der Waals surface area contributed by atoms with E-state index in [0.29, 0.717) is 17.7 Å². The summed E-state index contributed by atoms with van der Waals surface area (Å²) in [5, 5.41) is 23.4. The number of pyridine rings is 1. The van der Waals surface area contributed by atoms with E-state index >= 15 is 0 Å². The second-order valence-corrected chi connectivity index (χ2v) is 4.78. The molecule has 0 aliphatic carbocycles. The molecule has 1 heterocycles. The molecular formula is C14H22N2O3. The van der Waals surface area contributed by atoms with Crippen molar-refractivity contribution < 1.29 is 14.6 Å². The Morgan fingerprint density at radius 2 is 2.11 bits per heavy atom. The van der Waals surface area contributed by atoms with Crippen molar-refractivity contribution in [3.05, 3.63) is 35.3 Å². The second kappa shape index (κ2) is 7.09. The lowest BCUT2D eigenvalue weighted by molar-refractivity contribution is -0.607. The number of carbonyl (C=O) groups excluding carboxylic acids is 1. The van der Waals surface area contributed by atoms with Gasteiger partial charge in [-0.2, -0.15) is 4.73 Å². The third-order valence-corrected chi connectivity index (χ3v) is 3.82. The van der Waals surface area contributed by atoms with Crippen LogP contribution >= 0.6 is 0 Å². The number of hydrogen-bond donors (Lipinski definition) is 2. The van der Waals surface area contributed by atoms with Crippen LogP contribution in [0.25, 0.3) is 0 Å². The molecule has 0 spiro atoms. The Balaban J connectivity index is 2.70. The van der Waals surface area contributed by atoms with Crippen molar-refractivity contribution in [2.24, 2.45) is 5.41 Å². The van der Waals surface area contributed by atoms with E-state index in [-0.39, 0.29) is 23.6 Å². The zero-order valence-corrected chi connectivity index (χ0v) is 11.6. The van der Waals surface area contributed by atoms with Crippen LogP contribution in [0.1, 0.15) is 43.6 Å². The fourth-order valence-electron chi connectivity index (χ4n) is 2.14. The zero-order valence-electron chi connectivity index (χ0n) is 11.6. The highest BCUT2D eigenvalue weighted by molar-refractivity contribution is 5.90. The molecule has 0 bridgehead atoms. The average Bonchev–Trinajstić information content (AvgIpc) is 2.44. The number of amides is 1. The monoisotopic (exact) mass is 266 g/mol. The molecule has 0 aromatic carbocycles. The first-order chi connectivity index (χ1) is 9.08. The lowest BCUT2D eigenvalue weighted by atomic mass is 9.79. The minimum atomic E-state index is -0.375. The van der Waals surface area contributed by atoms with E-state index in [0.717, 1.165) is 12.8 Å². The normalized spacial score (nSPS) is 11.3. The number of carbonyl (C=O) groups is 1. The molecule has 0 fully saturated rings. The van der Waals surface area contributed by atoms with Gasteiger partial charge in [-0.05, 0) is 30.7 Å². The average molecular weight is 266 g/mol. The van der Waals surface area contributed by atoms with Crippen LogP contribution in [0, 0.1) is 10.6 Å². The largest absolute Gasteiger partial charge is 0.618 e. The minimum Gasteiger partial charge on any atom is -0.618 e. The van der Waals surface area contributed by atoms with Gasteiger partial charge in [0.05, 0.1) is 0 Å². The van der Waals surface area contributed by atoms with E-state index in [1.165, 1.54) is 12.3 Å². The molecule has 0 saturated heterocycles. The number of aliphatic hydroxyl groups is 1. The number of hydrogen-bond acceptors (Lipinski definition) is 3. The van der Waals surface area contributed by atoms with Crippen LogP contribution in [0.15, 0.2) is 24.4 Å². The van der Waals surface area contributed by atoms with E-state index in [2.05, 4.69) is 5.32 Å². The quantitative estimate of drug-likeness (QED) is 0.576. The van der Waals surface area contributed by atoms with E-state index in [1.807, 2.05) is 13.8 Å². The lowest BCUT2D eigenvalue weighted by Gasteiger charge is -2.31. The smallest absolute Gasteiger partial charge is 0.317 e. The van der Waals surface area contributed by atoms with Crippen molar-refractivity contribution >= 4 is 5.91 Å². The maximum Gasteiger partial charge on any atom is 0.317 e. The molecule has 1 rings (SSSR count). The molecule has 0 aliphatic heterocycles. The third-order valence-electron chi connectivity index (χ3n) is 3.82. The Labute approximate surface area is 113 Å². The summed E-state index contributed by atoms with van der Waals surface area (Å²) in [6.07, 6.45) is 3.69. The zero-order chi connectivity index (χ0) is 14.3. The highest BCUT2D eigenvalue weighted by Gasteiger charge is 2.27. The number of aliphatic hydroxyl groups excluding tert-OH is 1. The van der Waals surface area contributed by atoms with Gasteiger partial charge in [-0.25, -0.2) is 0 Å². The molecule has 2 N–H and O–H groups in total. The Bertz CT molecular complexity index is 417. The van der Waals surface area contributed by atoms with Crippen LogP contribution in [0.3, 0.4) is 0 Å². The SMILES string of the molecule is CCC(CC)(CCO)CNC(=O)c1cccc[n+]1[O-]. The van der Waals surface area contributed by atoms with E-state index < -0.39 is 0 Å². The molecule has 1 aromatic rings. The van der Waals surface area contributed by atoms with Crippen LogP contribution < -0.4 is 10.0 Å². The Hall–Kier alpha value is -1.62. The topological polar surface area (TPSA) is 76.3 Å². The van der Waals surface area contributed by atoms with Gasteiger partial charge in [-0.1, -0.05) is 13.8 Å². The second-order valence-electron chi connectivity index (χ2n) is 4.78. The van der Waals surface area contributed by atoms with E-state index in [4.69, 9.17) is 5.11 Å². The predicted molar refractivity (Wildman–Crippen MR) is 72.5 cm³/mol. The van der Waals surface area contributed by atoms with Crippen LogP contribution in [0.4, 0.5) is 0 Å². The standard InChI is InChI=1S/C14H22N2O3/c1-3-14(4-2,8-10-17)11-15-13(18)12-7-5-6-9-16(12)19/h5-7,9,17H,3-4,8,10-11H2,1-2H3,(H,15,18). The van der Waals surface area contributed by atoms with Gasteiger partial charge in [0.15, 0.2) is 6.20 Å². The van der Waals surface area contributed by atoms with Crippen LogP contribution in [0.5, 0.6) is 0 Å². The van der Waals surface area contributed by atoms with Crippen LogP contribution in [0.2, 0.25) is 0 Å². The number of rotatable bonds is 7. The van der Waals surface area contributed by atoms with Crippen molar-refractivity contribution in [3.8, 4) is 0 Å². The molecule has 106 valence electrons. The molecule has 0 radical (unpaired) electrons. The number of aromatic nitrogens is 1. The molecule has 5 heteroatoms. The van der Waals surface area contributed by atoms with Crippen molar-refractivity contribution in [3.63, 3.8) is 0 Å². The highest BCUT2D eigenvalue weighted by atomic mass is 16.5. The predicted octanol–water partition coefficient (Wildman–Crippen LogP) is 1.24. The van der Waals surface area contributed by atoms with Crippen molar-refractivity contribution in [1.82, 2.24) is 5.32 Å². The van der Waals surface area contributed by atoms with Crippen molar-refractivity contribution in [2.45, 2.75) is 33.1 Å². The van der Waals surface area contributed by atoms with Gasteiger partial charge >= 0.3 is 5.91 Å². The van der Waals surface area contributed by atoms with E-state index in [9.17, 15) is 10.0 Å². The van der Waals surface area contributed by atoms with Gasteiger partial charge in [0, 0.05) is 25.3 Å². The minimum absolute atomic E-state index is 0.0904. The molecule has 0 aliphatic rings. The van der Waals surface area contributed by atoms with Gasteiger partial charge < -0.3 is 15.6 Å². The Kier molecular flexibility index (Phi) is 5.76. The summed E-state index contributed by atoms with van der Waals surface area (Å²) < 4.78 is 0.556. The maximum atomic E-state index is 12.0. The summed E-state index contributed by atoms with van der Waals surface area (Å²) in [5.74, 6) is -0.375. The summed E-state index contributed by atoms with van der Waals surface area (Å²) >= 11 is 0. The third kappa shape index (κ3) is 3.92. The Morgan fingerprint density at radius 1 is 1.42 bits per heavy atom. The molecule has 1 aromatic heterocycles. The molecule has 19 heavy (non-hydrogen) atoms. The first-order valence-electron chi connectivity index (χ1n) is 6.66. The summed E-state index contributed by atoms with van der Waals surface area (Å²) in [5.41, 5.74) is -0.0139. The van der Waals surface area contributed by atoms with Gasteiger partial charge in [-0.3, -0.25) is 4.79 Å². The first kappa shape index (κ1) is 15.4. The maximum absolute atomic E-state index is 12.0. The first-order valence-corrected chi connectivity index (χ1v) is 6.66. The Morgan fingerprint density at radius 3 is 2.63 bits per heavy atom. The van der Waals surface area contributed by atoms with Crippen LogP contribution in [-0.4, -0.2) is 24.2 Å². The van der Waals surface area contributed by atoms with Gasteiger partial charge in [-0.15, -0.1) is 0 Å². The molecule has 0 atom stereocenters. The van der Waals surface area contributed by atoms with Gasteiger partial charge in [0.1, 0.15) is 0 Å². The molecule has 0 saturated carbocycles. The lowest BCUT2D eigenvalue weighted by Crippen LogP contribution is -2.43. The number of nitrogens with zero attached hydrogens (tertiary/aromatic N) is 1. The van der Waals surface area contributed by atoms with Crippen molar-refractivity contribution in [2.75, 3.05) is 13.2 Å². The van der Waals surface area contributed by atoms with Gasteiger partial charge in [0.25, 0.3) is 5.69 Å². The van der Waals surface area contributed by atoms with Crippen molar-refractivity contribution in [1.29, 1.82) is 0 Å². The molecule has 1 amide bonds. The summed E-state index contributed by atoms with van der Waals surface area (Å²) in [6, 6.07) is 4.73. The fourth-order valence-corrected chi connectivity index (χ4v) is 2.14.